The van der Waals surface area contributed by atoms with Crippen LogP contribution in [0, 0.1) is 0 Å². The number of carboxylic acid groups (broad SMARTS) is 2. The van der Waals surface area contributed by atoms with Gasteiger partial charge in [0.2, 0.25) is 29.5 Å². The summed E-state index contributed by atoms with van der Waals surface area (Å²) >= 11 is 0. The Bertz CT molecular complexity index is 1030. The smallest absolute Gasteiger partial charge is 0.322 e. The molecule has 0 aromatic carbocycles. The Morgan fingerprint density at radius 3 is 2.19 bits per heavy atom. The van der Waals surface area contributed by atoms with Gasteiger partial charge in [0.25, 0.3) is 0 Å². The minimum Gasteiger partial charge on any atom is -0.481 e. The lowest BCUT2D eigenvalue weighted by Gasteiger charge is -2.28. The molecule has 1 saturated heterocycles. The summed E-state index contributed by atoms with van der Waals surface area (Å²) in [6, 6.07) is -4.87. The van der Waals surface area contributed by atoms with E-state index in [4.69, 9.17) is 27.4 Å². The molecule has 0 aromatic heterocycles. The number of amides is 5. The van der Waals surface area contributed by atoms with E-state index in [2.05, 4.69) is 26.3 Å². The van der Waals surface area contributed by atoms with Gasteiger partial charge in [0.05, 0.1) is 19.2 Å². The quantitative estimate of drug-likeness (QED) is 0.0398. The van der Waals surface area contributed by atoms with Crippen molar-refractivity contribution in [1.29, 1.82) is 0 Å². The van der Waals surface area contributed by atoms with Gasteiger partial charge in [-0.15, -0.1) is 0 Å². The van der Waals surface area contributed by atoms with E-state index in [1.807, 2.05) is 0 Å². The number of aliphatic carboxylic acids is 2. The van der Waals surface area contributed by atoms with Crippen molar-refractivity contribution in [3.63, 3.8) is 0 Å². The van der Waals surface area contributed by atoms with Crippen LogP contribution in [0.2, 0.25) is 0 Å². The molecule has 19 heteroatoms. The van der Waals surface area contributed by atoms with E-state index in [9.17, 15) is 38.7 Å². The number of aliphatic hydroxyl groups excluding tert-OH is 1. The number of likely N-dealkylation sites (tertiary alicyclic amines) is 1. The first-order valence-corrected chi connectivity index (χ1v) is 13.1. The molecule has 1 fully saturated rings. The first-order valence-electron chi connectivity index (χ1n) is 13.1. The van der Waals surface area contributed by atoms with Crippen LogP contribution < -0.4 is 38.5 Å². The summed E-state index contributed by atoms with van der Waals surface area (Å²) in [6.07, 6.45) is 0.406. The lowest BCUT2D eigenvalue weighted by atomic mass is 10.1. The lowest BCUT2D eigenvalue weighted by Crippen LogP contribution is -2.57. The molecule has 1 heterocycles. The molecule has 0 aromatic rings. The molecular formula is C23H39N9O10. The van der Waals surface area contributed by atoms with E-state index in [0.717, 1.165) is 4.90 Å². The van der Waals surface area contributed by atoms with Gasteiger partial charge in [0.15, 0.2) is 5.96 Å². The van der Waals surface area contributed by atoms with Crippen molar-refractivity contribution in [3.05, 3.63) is 0 Å². The average Bonchev–Trinajstić information content (AvgIpc) is 3.42. The van der Waals surface area contributed by atoms with Crippen LogP contribution in [0.15, 0.2) is 4.99 Å². The molecule has 236 valence electrons. The number of carbonyl (C=O) groups excluding carboxylic acids is 5. The number of guanidine groups is 1. The highest BCUT2D eigenvalue weighted by Crippen LogP contribution is 2.18. The molecule has 0 spiro atoms. The van der Waals surface area contributed by atoms with E-state index >= 15 is 0 Å². The van der Waals surface area contributed by atoms with Crippen molar-refractivity contribution in [2.45, 2.75) is 62.7 Å². The number of carbonyl (C=O) groups is 7. The normalized spacial score (nSPS) is 16.3. The Hall–Kier alpha value is -4.52. The largest absolute Gasteiger partial charge is 0.481 e. The summed E-state index contributed by atoms with van der Waals surface area (Å²) in [5.41, 5.74) is 16.3. The SMILES string of the molecule is NC(N)=NCCC[C@H](N)C(=O)N[C@@H](CCC(=O)O)C(=O)NCC(=O)N[C@@H](CO)C(=O)N1CCC[C@H]1C(=O)NCC(=O)O. The highest BCUT2D eigenvalue weighted by atomic mass is 16.4. The third-order valence-corrected chi connectivity index (χ3v) is 6.08. The number of aliphatic hydroxyl groups is 1. The molecule has 19 nitrogen and oxygen atoms in total. The van der Waals surface area contributed by atoms with Crippen LogP contribution >= 0.6 is 0 Å². The fourth-order valence-electron chi connectivity index (χ4n) is 3.97. The van der Waals surface area contributed by atoms with Crippen molar-refractivity contribution in [2.24, 2.45) is 22.2 Å². The van der Waals surface area contributed by atoms with Gasteiger partial charge in [-0.25, -0.2) is 0 Å². The van der Waals surface area contributed by atoms with Crippen molar-refractivity contribution >= 4 is 47.4 Å². The second-order valence-electron chi connectivity index (χ2n) is 9.37. The van der Waals surface area contributed by atoms with Crippen LogP contribution in [-0.2, 0) is 33.6 Å². The van der Waals surface area contributed by atoms with Crippen molar-refractivity contribution in [2.75, 3.05) is 32.8 Å². The highest BCUT2D eigenvalue weighted by Gasteiger charge is 2.37. The average molecular weight is 602 g/mol. The van der Waals surface area contributed by atoms with Gasteiger partial charge in [0.1, 0.15) is 24.7 Å². The molecule has 1 rings (SSSR count). The molecule has 5 amide bonds. The summed E-state index contributed by atoms with van der Waals surface area (Å²) in [5.74, 6) is -6.65. The van der Waals surface area contributed by atoms with E-state index in [0.29, 0.717) is 12.8 Å². The van der Waals surface area contributed by atoms with Crippen LogP contribution in [0.1, 0.15) is 38.5 Å². The lowest BCUT2D eigenvalue weighted by molar-refractivity contribution is -0.143. The Morgan fingerprint density at radius 1 is 0.905 bits per heavy atom. The zero-order chi connectivity index (χ0) is 31.8. The van der Waals surface area contributed by atoms with E-state index in [1.165, 1.54) is 0 Å². The van der Waals surface area contributed by atoms with Crippen molar-refractivity contribution in [1.82, 2.24) is 26.2 Å². The van der Waals surface area contributed by atoms with Crippen molar-refractivity contribution in [3.8, 4) is 0 Å². The third kappa shape index (κ3) is 12.8. The number of nitrogens with one attached hydrogen (secondary N) is 4. The standard InChI is InChI=1S/C23H39N9O10/c24-12(3-1-7-27-23(25)26)19(39)31-13(5-6-17(35)36)20(40)28-9-16(34)30-14(11-33)22(42)32-8-2-4-15(32)21(41)29-10-18(37)38/h12-15,33H,1-11,24H2,(H,28,40)(H,29,41)(H,30,34)(H,31,39)(H,35,36)(H,37,38)(H4,25,26,27)/t12-,13-,14-,15-/m0/s1. The summed E-state index contributed by atoms with van der Waals surface area (Å²) in [7, 11) is 0. The zero-order valence-corrected chi connectivity index (χ0v) is 22.9. The number of hydrogen-bond donors (Lipinski definition) is 10. The number of hydrogen-bond acceptors (Lipinski definition) is 10. The Morgan fingerprint density at radius 2 is 1.60 bits per heavy atom. The summed E-state index contributed by atoms with van der Waals surface area (Å²) in [5, 5.41) is 36.4. The van der Waals surface area contributed by atoms with Gasteiger partial charge in [0, 0.05) is 19.5 Å². The van der Waals surface area contributed by atoms with Gasteiger partial charge >= 0.3 is 11.9 Å². The maximum Gasteiger partial charge on any atom is 0.322 e. The topological polar surface area (TPSA) is 322 Å². The second-order valence-corrected chi connectivity index (χ2v) is 9.37. The molecule has 1 aliphatic heterocycles. The monoisotopic (exact) mass is 601 g/mol. The van der Waals surface area contributed by atoms with Crippen LogP contribution in [0.5, 0.6) is 0 Å². The molecule has 13 N–H and O–H groups in total. The van der Waals surface area contributed by atoms with Crippen LogP contribution in [0.4, 0.5) is 0 Å². The van der Waals surface area contributed by atoms with Crippen LogP contribution in [-0.4, -0.2) is 125 Å². The molecule has 0 bridgehead atoms. The molecular weight excluding hydrogens is 562 g/mol. The fourth-order valence-corrected chi connectivity index (χ4v) is 3.97. The molecule has 42 heavy (non-hydrogen) atoms. The minimum atomic E-state index is -1.47. The van der Waals surface area contributed by atoms with Crippen LogP contribution in [0.25, 0.3) is 0 Å². The van der Waals surface area contributed by atoms with Gasteiger partial charge in [-0.1, -0.05) is 0 Å². The summed E-state index contributed by atoms with van der Waals surface area (Å²) in [4.78, 5) is 89.4. The number of nitrogens with zero attached hydrogens (tertiary/aromatic N) is 2. The predicted octanol–water partition coefficient (Wildman–Crippen LogP) is -5.50. The number of rotatable bonds is 18. The molecule has 0 saturated carbocycles. The predicted molar refractivity (Wildman–Crippen MR) is 144 cm³/mol. The number of aliphatic imine (C=N–C) groups is 1. The van der Waals surface area contributed by atoms with Gasteiger partial charge in [-0.3, -0.25) is 38.6 Å². The number of carboxylic acids is 2. The minimum absolute atomic E-state index is 0.127. The zero-order valence-electron chi connectivity index (χ0n) is 22.9. The molecule has 0 aliphatic carbocycles. The first kappa shape index (κ1) is 35.5. The maximum absolute atomic E-state index is 12.9. The first-order chi connectivity index (χ1) is 19.8. The second kappa shape index (κ2) is 18.0. The van der Waals surface area contributed by atoms with E-state index in [1.54, 1.807) is 0 Å². The Labute approximate surface area is 240 Å². The van der Waals surface area contributed by atoms with Crippen molar-refractivity contribution < 1.29 is 48.9 Å². The van der Waals surface area contributed by atoms with Crippen LogP contribution in [0.3, 0.4) is 0 Å². The molecule has 1 aliphatic rings. The van der Waals surface area contributed by atoms with Gasteiger partial charge in [-0.05, 0) is 32.1 Å². The van der Waals surface area contributed by atoms with E-state index in [-0.39, 0.29) is 38.3 Å². The van der Waals surface area contributed by atoms with E-state index < -0.39 is 91.8 Å². The summed E-state index contributed by atoms with van der Waals surface area (Å²) in [6.45, 7) is -1.83. The molecule has 0 unspecified atom stereocenters. The highest BCUT2D eigenvalue weighted by molar-refractivity contribution is 5.95. The Kier molecular flexibility index (Phi) is 15.2. The van der Waals surface area contributed by atoms with Gasteiger partial charge in [-0.2, -0.15) is 0 Å². The molecule has 0 radical (unpaired) electrons. The third-order valence-electron chi connectivity index (χ3n) is 6.08. The molecule has 4 atom stereocenters. The summed E-state index contributed by atoms with van der Waals surface area (Å²) < 4.78 is 0. The maximum atomic E-state index is 12.9. The Balaban J connectivity index is 2.72. The van der Waals surface area contributed by atoms with Gasteiger partial charge < -0.3 is 58.7 Å². The fraction of sp³-hybridized carbons (Fsp3) is 0.652. The number of nitrogens with two attached hydrogens (primary N) is 3.